The number of hydrogen-bond donors (Lipinski definition) is 1. The van der Waals surface area contributed by atoms with Gasteiger partial charge in [0.15, 0.2) is 0 Å². The third-order valence-corrected chi connectivity index (χ3v) is 3.42. The lowest BCUT2D eigenvalue weighted by molar-refractivity contribution is 0.224. The van der Waals surface area contributed by atoms with Crippen molar-refractivity contribution in [3.05, 3.63) is 11.8 Å². The van der Waals surface area contributed by atoms with Gasteiger partial charge in [-0.3, -0.25) is 0 Å². The van der Waals surface area contributed by atoms with Crippen molar-refractivity contribution in [1.29, 1.82) is 0 Å². The highest BCUT2D eigenvalue weighted by molar-refractivity contribution is 5.21. The summed E-state index contributed by atoms with van der Waals surface area (Å²) in [5, 5.41) is 3.85. The standard InChI is InChI=1S/C11H18N2O2/c1-14-10-7-9(15-13-10)11(8-12)5-3-2-4-6-11/h7H,2-6,8,12H2,1H3. The summed E-state index contributed by atoms with van der Waals surface area (Å²) in [6.45, 7) is 0.630. The highest BCUT2D eigenvalue weighted by Gasteiger charge is 2.36. The Balaban J connectivity index is 2.24. The summed E-state index contributed by atoms with van der Waals surface area (Å²) in [5.74, 6) is 1.44. The largest absolute Gasteiger partial charge is 0.479 e. The molecule has 0 unspecified atom stereocenters. The number of nitrogens with zero attached hydrogens (tertiary/aromatic N) is 1. The van der Waals surface area contributed by atoms with Gasteiger partial charge in [0.2, 0.25) is 0 Å². The van der Waals surface area contributed by atoms with Crippen LogP contribution in [0.2, 0.25) is 0 Å². The molecule has 1 fully saturated rings. The van der Waals surface area contributed by atoms with Crippen LogP contribution in [0.25, 0.3) is 0 Å². The Hall–Kier alpha value is -1.03. The molecule has 1 aliphatic rings. The van der Waals surface area contributed by atoms with Gasteiger partial charge in [0.25, 0.3) is 5.88 Å². The van der Waals surface area contributed by atoms with Crippen molar-refractivity contribution in [1.82, 2.24) is 5.16 Å². The van der Waals surface area contributed by atoms with Crippen molar-refractivity contribution in [2.45, 2.75) is 37.5 Å². The number of nitrogens with two attached hydrogens (primary N) is 1. The molecule has 1 saturated carbocycles. The molecule has 15 heavy (non-hydrogen) atoms. The Labute approximate surface area is 89.8 Å². The summed E-state index contributed by atoms with van der Waals surface area (Å²) in [5.41, 5.74) is 5.89. The van der Waals surface area contributed by atoms with E-state index in [1.165, 1.54) is 19.3 Å². The van der Waals surface area contributed by atoms with Gasteiger partial charge in [0.1, 0.15) is 5.76 Å². The van der Waals surface area contributed by atoms with Crippen LogP contribution >= 0.6 is 0 Å². The maximum atomic E-state index is 5.89. The van der Waals surface area contributed by atoms with Gasteiger partial charge in [-0.05, 0) is 18.0 Å². The molecule has 0 spiro atoms. The van der Waals surface area contributed by atoms with Gasteiger partial charge in [-0.25, -0.2) is 0 Å². The smallest absolute Gasteiger partial charge is 0.254 e. The molecular weight excluding hydrogens is 192 g/mol. The molecule has 1 aliphatic carbocycles. The van der Waals surface area contributed by atoms with Crippen molar-refractivity contribution in [3.8, 4) is 5.88 Å². The van der Waals surface area contributed by atoms with E-state index in [1.807, 2.05) is 6.07 Å². The maximum Gasteiger partial charge on any atom is 0.254 e. The molecule has 2 rings (SSSR count). The van der Waals surface area contributed by atoms with Crippen molar-refractivity contribution >= 4 is 0 Å². The first-order valence-electron chi connectivity index (χ1n) is 5.52. The Bertz CT molecular complexity index is 316. The Morgan fingerprint density at radius 3 is 2.73 bits per heavy atom. The van der Waals surface area contributed by atoms with E-state index in [9.17, 15) is 0 Å². The van der Waals surface area contributed by atoms with Crippen molar-refractivity contribution < 1.29 is 9.26 Å². The van der Waals surface area contributed by atoms with Crippen molar-refractivity contribution in [2.75, 3.05) is 13.7 Å². The normalized spacial score (nSPS) is 20.1. The molecule has 0 aromatic carbocycles. The van der Waals surface area contributed by atoms with Gasteiger partial charge in [-0.15, -0.1) is 0 Å². The molecule has 0 aliphatic heterocycles. The summed E-state index contributed by atoms with van der Waals surface area (Å²) in [7, 11) is 1.59. The number of rotatable bonds is 3. The third kappa shape index (κ3) is 1.86. The Morgan fingerprint density at radius 2 is 2.20 bits per heavy atom. The molecule has 1 aromatic heterocycles. The molecule has 0 radical (unpaired) electrons. The first-order valence-corrected chi connectivity index (χ1v) is 5.52. The van der Waals surface area contributed by atoms with E-state index in [0.29, 0.717) is 12.4 Å². The third-order valence-electron chi connectivity index (χ3n) is 3.42. The zero-order chi connectivity index (χ0) is 10.7. The molecule has 84 valence electrons. The van der Waals surface area contributed by atoms with Gasteiger partial charge < -0.3 is 15.0 Å². The first-order chi connectivity index (χ1) is 7.30. The van der Waals surface area contributed by atoms with Gasteiger partial charge in [-0.1, -0.05) is 19.3 Å². The van der Waals surface area contributed by atoms with E-state index in [0.717, 1.165) is 18.6 Å². The highest BCUT2D eigenvalue weighted by atomic mass is 16.5. The first kappa shape index (κ1) is 10.5. The Morgan fingerprint density at radius 1 is 1.47 bits per heavy atom. The fourth-order valence-corrected chi connectivity index (χ4v) is 2.38. The number of ether oxygens (including phenoxy) is 1. The van der Waals surface area contributed by atoms with Crippen molar-refractivity contribution in [2.24, 2.45) is 5.73 Å². The molecule has 2 N–H and O–H groups in total. The molecule has 4 heteroatoms. The van der Waals surface area contributed by atoms with Crippen LogP contribution in [0.15, 0.2) is 10.6 Å². The zero-order valence-electron chi connectivity index (χ0n) is 9.16. The van der Waals surface area contributed by atoms with Crippen LogP contribution in [0.5, 0.6) is 5.88 Å². The van der Waals surface area contributed by atoms with E-state index < -0.39 is 0 Å². The van der Waals surface area contributed by atoms with E-state index in [4.69, 9.17) is 15.0 Å². The molecule has 0 saturated heterocycles. The zero-order valence-corrected chi connectivity index (χ0v) is 9.16. The van der Waals surface area contributed by atoms with Gasteiger partial charge >= 0.3 is 0 Å². The number of hydrogen-bond acceptors (Lipinski definition) is 4. The molecular formula is C11H18N2O2. The summed E-state index contributed by atoms with van der Waals surface area (Å²) in [4.78, 5) is 0. The second-order valence-electron chi connectivity index (χ2n) is 4.28. The lowest BCUT2D eigenvalue weighted by Gasteiger charge is -2.33. The molecule has 0 amide bonds. The van der Waals surface area contributed by atoms with Crippen molar-refractivity contribution in [3.63, 3.8) is 0 Å². The fraction of sp³-hybridized carbons (Fsp3) is 0.727. The topological polar surface area (TPSA) is 61.3 Å². The minimum absolute atomic E-state index is 0.00201. The van der Waals surface area contributed by atoms with E-state index in [-0.39, 0.29) is 5.41 Å². The van der Waals surface area contributed by atoms with E-state index >= 15 is 0 Å². The molecule has 1 heterocycles. The predicted molar refractivity (Wildman–Crippen MR) is 56.9 cm³/mol. The quantitative estimate of drug-likeness (QED) is 0.827. The summed E-state index contributed by atoms with van der Waals surface area (Å²) in [6, 6.07) is 1.87. The van der Waals surface area contributed by atoms with Crippen LogP contribution in [0, 0.1) is 0 Å². The van der Waals surface area contributed by atoms with Gasteiger partial charge in [0, 0.05) is 18.0 Å². The summed E-state index contributed by atoms with van der Waals surface area (Å²) < 4.78 is 10.4. The van der Waals surface area contributed by atoms with Crippen LogP contribution in [0.3, 0.4) is 0 Å². The van der Waals surface area contributed by atoms with Gasteiger partial charge in [-0.2, -0.15) is 0 Å². The van der Waals surface area contributed by atoms with Crippen LogP contribution in [-0.4, -0.2) is 18.8 Å². The number of aromatic nitrogens is 1. The van der Waals surface area contributed by atoms with Crippen LogP contribution in [-0.2, 0) is 5.41 Å². The lowest BCUT2D eigenvalue weighted by atomic mass is 9.72. The highest BCUT2D eigenvalue weighted by Crippen LogP contribution is 2.39. The average Bonchev–Trinajstić information content (AvgIpc) is 2.79. The van der Waals surface area contributed by atoms with Crippen LogP contribution in [0.1, 0.15) is 37.9 Å². The van der Waals surface area contributed by atoms with Crippen LogP contribution < -0.4 is 10.5 Å². The lowest BCUT2D eigenvalue weighted by Crippen LogP contribution is -2.36. The maximum absolute atomic E-state index is 5.89. The minimum Gasteiger partial charge on any atom is -0.479 e. The predicted octanol–water partition coefficient (Wildman–Crippen LogP) is 1.84. The monoisotopic (exact) mass is 210 g/mol. The Kier molecular flexibility index (Phi) is 2.95. The second kappa shape index (κ2) is 4.23. The summed E-state index contributed by atoms with van der Waals surface area (Å²) in [6.07, 6.45) is 5.94. The SMILES string of the molecule is COc1cc(C2(CN)CCCCC2)on1. The molecule has 4 nitrogen and oxygen atoms in total. The molecule has 0 atom stereocenters. The number of methoxy groups -OCH3 is 1. The molecule has 0 bridgehead atoms. The van der Waals surface area contributed by atoms with Crippen LogP contribution in [0.4, 0.5) is 0 Å². The minimum atomic E-state index is 0.00201. The van der Waals surface area contributed by atoms with E-state index in [1.54, 1.807) is 7.11 Å². The molecule has 1 aromatic rings. The summed E-state index contributed by atoms with van der Waals surface area (Å²) >= 11 is 0. The van der Waals surface area contributed by atoms with E-state index in [2.05, 4.69) is 5.16 Å². The fourth-order valence-electron chi connectivity index (χ4n) is 2.38. The van der Waals surface area contributed by atoms with Gasteiger partial charge in [0.05, 0.1) is 7.11 Å². The average molecular weight is 210 g/mol. The second-order valence-corrected chi connectivity index (χ2v) is 4.28.